The Morgan fingerprint density at radius 2 is 2.00 bits per heavy atom. The molecule has 0 unspecified atom stereocenters. The molecule has 2 atom stereocenters. The summed E-state index contributed by atoms with van der Waals surface area (Å²) in [6.07, 6.45) is 4.44. The zero-order valence-electron chi connectivity index (χ0n) is 20.1. The van der Waals surface area contributed by atoms with Crippen LogP contribution < -0.4 is 15.5 Å². The molecule has 2 aliphatic heterocycles. The van der Waals surface area contributed by atoms with Gasteiger partial charge in [0.2, 0.25) is 5.43 Å². The number of benzene rings is 1. The van der Waals surface area contributed by atoms with E-state index < -0.39 is 28.0 Å². The Balaban J connectivity index is 1.70. The number of rotatable bonds is 4. The number of halogens is 3. The van der Waals surface area contributed by atoms with Crippen LogP contribution in [-0.4, -0.2) is 54.2 Å². The first-order valence-electron chi connectivity index (χ1n) is 11.9. The van der Waals surface area contributed by atoms with Crippen molar-refractivity contribution >= 4 is 23.4 Å². The van der Waals surface area contributed by atoms with Crippen molar-refractivity contribution in [3.05, 3.63) is 62.0 Å². The van der Waals surface area contributed by atoms with Crippen LogP contribution in [0.15, 0.2) is 23.1 Å². The summed E-state index contributed by atoms with van der Waals surface area (Å²) < 4.78 is 40.4. The average Bonchev–Trinajstić information content (AvgIpc) is 2.90. The molecule has 1 aromatic heterocycles. The Morgan fingerprint density at radius 1 is 1.22 bits per heavy atom. The van der Waals surface area contributed by atoms with Crippen molar-refractivity contribution in [3.63, 3.8) is 0 Å². The van der Waals surface area contributed by atoms with Gasteiger partial charge in [0.1, 0.15) is 22.2 Å². The van der Waals surface area contributed by atoms with Gasteiger partial charge in [-0.2, -0.15) is 0 Å². The molecule has 2 amide bonds. The first-order valence-corrected chi connectivity index (χ1v) is 12.2. The summed E-state index contributed by atoms with van der Waals surface area (Å²) in [5.41, 5.74) is -0.909. The van der Waals surface area contributed by atoms with E-state index >= 15 is 0 Å². The van der Waals surface area contributed by atoms with Crippen LogP contribution in [0.1, 0.15) is 65.1 Å². The molecule has 11 heteroatoms. The Labute approximate surface area is 212 Å². The fourth-order valence-corrected chi connectivity index (χ4v) is 4.85. The van der Waals surface area contributed by atoms with Crippen LogP contribution in [-0.2, 0) is 11.3 Å². The van der Waals surface area contributed by atoms with E-state index in [1.54, 1.807) is 9.47 Å². The molecular formula is C25H28ClF2N3O5. The van der Waals surface area contributed by atoms with E-state index in [1.165, 1.54) is 13.3 Å². The van der Waals surface area contributed by atoms with Crippen molar-refractivity contribution in [2.75, 3.05) is 26.9 Å². The van der Waals surface area contributed by atoms with Crippen LogP contribution >= 0.6 is 11.6 Å². The number of fused-ring (bicyclic) bond motifs is 4. The second kappa shape index (κ2) is 11.0. The summed E-state index contributed by atoms with van der Waals surface area (Å²) >= 11 is 5.61. The lowest BCUT2D eigenvalue weighted by molar-refractivity contribution is 0.0524. The summed E-state index contributed by atoms with van der Waals surface area (Å²) in [6, 6.07) is 1.88. The third kappa shape index (κ3) is 4.97. The number of nitrogens with one attached hydrogen (secondary N) is 1. The Bertz CT molecular complexity index is 1240. The molecule has 1 saturated heterocycles. The number of methoxy groups -OCH3 is 1. The van der Waals surface area contributed by atoms with Gasteiger partial charge in [-0.25, -0.2) is 8.78 Å². The van der Waals surface area contributed by atoms with Gasteiger partial charge in [-0.05, 0) is 38.7 Å². The van der Waals surface area contributed by atoms with Crippen molar-refractivity contribution in [1.82, 2.24) is 14.8 Å². The quantitative estimate of drug-likeness (QED) is 0.617. The summed E-state index contributed by atoms with van der Waals surface area (Å²) in [4.78, 5) is 41.4. The minimum Gasteiger partial charge on any atom is -0.491 e. The van der Waals surface area contributed by atoms with Crippen molar-refractivity contribution in [2.24, 2.45) is 0 Å². The number of nitrogens with zero attached hydrogens (tertiary/aromatic N) is 2. The van der Waals surface area contributed by atoms with E-state index in [1.807, 2.05) is 6.92 Å². The first-order chi connectivity index (χ1) is 17.2. The molecule has 8 nitrogen and oxygen atoms in total. The molecule has 4 rings (SSSR count). The van der Waals surface area contributed by atoms with Crippen LogP contribution in [0.2, 0.25) is 5.02 Å². The standard InChI is InChI=1S/C25H28ClF2N3O5/c1-14-8-10-36-9-4-3-5-16-12-30(14)25(34)21-23(35-2)22(32)17(13-31(16)21)24(33)29-11-15-6-7-18(27)19(26)20(15)28/h6-7,13-14,16H,3-5,8-12H2,1-2H3,(H,29,33)/t14-,16+/m0/s1. The molecule has 1 fully saturated rings. The molecule has 2 aliphatic rings. The first kappa shape index (κ1) is 26.1. The molecular weight excluding hydrogens is 496 g/mol. The van der Waals surface area contributed by atoms with Gasteiger partial charge in [-0.1, -0.05) is 17.7 Å². The maximum absolute atomic E-state index is 14.3. The highest BCUT2D eigenvalue weighted by Gasteiger charge is 2.37. The number of ether oxygens (including phenoxy) is 2. The van der Waals surface area contributed by atoms with Crippen molar-refractivity contribution in [1.29, 1.82) is 0 Å². The largest absolute Gasteiger partial charge is 0.491 e. The fraction of sp³-hybridized carbons (Fsp3) is 0.480. The van der Waals surface area contributed by atoms with Crippen molar-refractivity contribution in [3.8, 4) is 5.75 Å². The maximum atomic E-state index is 14.3. The molecule has 1 aromatic carbocycles. The predicted molar refractivity (Wildman–Crippen MR) is 129 cm³/mol. The molecule has 1 N–H and O–H groups in total. The second-order valence-corrected chi connectivity index (χ2v) is 9.41. The van der Waals surface area contributed by atoms with E-state index in [2.05, 4.69) is 5.32 Å². The zero-order valence-corrected chi connectivity index (χ0v) is 20.9. The van der Waals surface area contributed by atoms with Gasteiger partial charge in [0.25, 0.3) is 11.8 Å². The SMILES string of the molecule is COc1c2n(cc(C(=O)NCc3ccc(F)c(Cl)c3F)c1=O)[C@@H]1CCCCOCC[C@H](C)N(C1)C2=O. The Hall–Kier alpha value is -2.98. The highest BCUT2D eigenvalue weighted by atomic mass is 35.5. The number of pyridine rings is 1. The predicted octanol–water partition coefficient (Wildman–Crippen LogP) is 3.69. The third-order valence-electron chi connectivity index (χ3n) is 6.75. The van der Waals surface area contributed by atoms with Crippen molar-refractivity contribution in [2.45, 2.75) is 51.2 Å². The highest BCUT2D eigenvalue weighted by Crippen LogP contribution is 2.32. The smallest absolute Gasteiger partial charge is 0.274 e. The number of hydrogen-bond acceptors (Lipinski definition) is 5. The molecule has 2 aromatic rings. The van der Waals surface area contributed by atoms with Gasteiger partial charge in [0.05, 0.1) is 13.2 Å². The lowest BCUT2D eigenvalue weighted by Gasteiger charge is -2.39. The van der Waals surface area contributed by atoms with Gasteiger partial charge in [-0.15, -0.1) is 0 Å². The lowest BCUT2D eigenvalue weighted by atomic mass is 10.0. The Kier molecular flexibility index (Phi) is 7.94. The van der Waals surface area contributed by atoms with E-state index in [9.17, 15) is 23.2 Å². The van der Waals surface area contributed by atoms with E-state index in [0.717, 1.165) is 25.0 Å². The van der Waals surface area contributed by atoms with Gasteiger partial charge in [0, 0.05) is 44.1 Å². The molecule has 36 heavy (non-hydrogen) atoms. The number of carbonyl (C=O) groups is 2. The Morgan fingerprint density at radius 3 is 2.75 bits per heavy atom. The lowest BCUT2D eigenvalue weighted by Crippen LogP contribution is -2.49. The molecule has 3 heterocycles. The van der Waals surface area contributed by atoms with E-state index in [0.29, 0.717) is 32.6 Å². The molecule has 2 bridgehead atoms. The number of hydrogen-bond donors (Lipinski definition) is 1. The molecule has 194 valence electrons. The summed E-state index contributed by atoms with van der Waals surface area (Å²) in [5.74, 6) is -3.24. The van der Waals surface area contributed by atoms with E-state index in [-0.39, 0.29) is 47.1 Å². The van der Waals surface area contributed by atoms with Gasteiger partial charge < -0.3 is 24.3 Å². The van der Waals surface area contributed by atoms with Crippen molar-refractivity contribution < 1.29 is 27.8 Å². The van der Waals surface area contributed by atoms with Gasteiger partial charge >= 0.3 is 0 Å². The zero-order chi connectivity index (χ0) is 26.0. The molecule has 0 aliphatic carbocycles. The van der Waals surface area contributed by atoms with Crippen LogP contribution in [0.25, 0.3) is 0 Å². The third-order valence-corrected chi connectivity index (χ3v) is 7.09. The normalized spacial score (nSPS) is 20.4. The average molecular weight is 524 g/mol. The minimum atomic E-state index is -0.988. The number of carbonyl (C=O) groups excluding carboxylic acids is 2. The van der Waals surface area contributed by atoms with Gasteiger partial charge in [-0.3, -0.25) is 14.4 Å². The summed E-state index contributed by atoms with van der Waals surface area (Å²) in [5, 5.41) is 1.81. The van der Waals surface area contributed by atoms with Crippen LogP contribution in [0.4, 0.5) is 8.78 Å². The number of amides is 2. The topological polar surface area (TPSA) is 89.9 Å². The monoisotopic (exact) mass is 523 g/mol. The number of aromatic nitrogens is 1. The minimum absolute atomic E-state index is 0.0369. The van der Waals surface area contributed by atoms with Gasteiger partial charge in [0.15, 0.2) is 11.4 Å². The summed E-state index contributed by atoms with van der Waals surface area (Å²) in [6.45, 7) is 3.23. The van der Waals surface area contributed by atoms with Crippen LogP contribution in [0.3, 0.4) is 0 Å². The molecule has 0 radical (unpaired) electrons. The van der Waals surface area contributed by atoms with E-state index in [4.69, 9.17) is 21.1 Å². The summed E-state index contributed by atoms with van der Waals surface area (Å²) in [7, 11) is 1.28. The maximum Gasteiger partial charge on any atom is 0.274 e. The highest BCUT2D eigenvalue weighted by molar-refractivity contribution is 6.30. The molecule has 0 spiro atoms. The molecule has 0 saturated carbocycles. The van der Waals surface area contributed by atoms with Crippen LogP contribution in [0, 0.1) is 11.6 Å². The fourth-order valence-electron chi connectivity index (χ4n) is 4.67. The second-order valence-electron chi connectivity index (χ2n) is 9.04. The van der Waals surface area contributed by atoms with Crippen LogP contribution in [0.5, 0.6) is 5.75 Å².